The molecule has 336 valence electrons. The minimum atomic E-state index is -4.84. The standard InChI is InChI=1S/C33H37N13O11S6/c1-5-45(6-2)19-9-11-21(41-43-32-36-27(62(52,53)54)25(17-47)59-32)23(15-19)34-29-38-30(40-31(39-29)58-13-14-61(49,50)51)35-24-16-20(46(7-3)8-4)10-12-22(24)42-44-33-37-28(63(55,56)57)26(18-48)60-33/h9-12,15-18H,5-8,13-14H2,1-4H3,(H,49,50,51)(H,52,53,54)(H,55,56,57)(H2,34,35,38,39,40)/b43-41+,44-42+. The van der Waals surface area contributed by atoms with Gasteiger partial charge in [-0.15, -0.1) is 20.5 Å². The molecule has 0 bridgehead atoms. The van der Waals surface area contributed by atoms with Crippen molar-refractivity contribution >= 4 is 134 Å². The van der Waals surface area contributed by atoms with E-state index in [1.165, 1.54) is 0 Å². The molecule has 2 aromatic carbocycles. The molecule has 0 saturated heterocycles. The molecule has 0 unspecified atom stereocenters. The van der Waals surface area contributed by atoms with Crippen LogP contribution < -0.4 is 20.4 Å². The van der Waals surface area contributed by atoms with Crippen molar-refractivity contribution in [1.82, 2.24) is 24.9 Å². The summed E-state index contributed by atoms with van der Waals surface area (Å²) in [6.07, 6.45) is 0.422. The van der Waals surface area contributed by atoms with Crippen molar-refractivity contribution in [2.45, 2.75) is 42.9 Å². The fourth-order valence-corrected chi connectivity index (χ4v) is 10.3. The van der Waals surface area contributed by atoms with E-state index in [9.17, 15) is 48.5 Å². The predicted octanol–water partition coefficient (Wildman–Crippen LogP) is 6.89. The van der Waals surface area contributed by atoms with E-state index in [1.54, 1.807) is 36.4 Å². The number of hydrogen-bond donors (Lipinski definition) is 5. The lowest BCUT2D eigenvalue weighted by atomic mass is 10.2. The Morgan fingerprint density at radius 2 is 1.05 bits per heavy atom. The molecule has 5 aromatic rings. The number of hydrogen-bond acceptors (Lipinski definition) is 24. The highest BCUT2D eigenvalue weighted by Crippen LogP contribution is 2.37. The maximum Gasteiger partial charge on any atom is 0.313 e. The molecular formula is C33H37N13O11S6. The first-order valence-corrected chi connectivity index (χ1v) is 25.3. The van der Waals surface area contributed by atoms with Gasteiger partial charge in [0.15, 0.2) is 17.7 Å². The number of benzene rings is 2. The predicted molar refractivity (Wildman–Crippen MR) is 237 cm³/mol. The molecule has 63 heavy (non-hydrogen) atoms. The molecule has 0 fully saturated rings. The number of anilines is 6. The van der Waals surface area contributed by atoms with E-state index in [0.717, 1.165) is 23.1 Å². The number of carbonyl (C=O) groups is 2. The lowest BCUT2D eigenvalue weighted by molar-refractivity contribution is 0.111. The first-order chi connectivity index (χ1) is 29.8. The molecule has 3 aromatic heterocycles. The molecule has 5 rings (SSSR count). The van der Waals surface area contributed by atoms with Gasteiger partial charge in [-0.3, -0.25) is 23.2 Å². The molecule has 0 atom stereocenters. The summed E-state index contributed by atoms with van der Waals surface area (Å²) in [7, 11) is -14.0. The van der Waals surface area contributed by atoms with Crippen molar-refractivity contribution in [2.24, 2.45) is 20.5 Å². The van der Waals surface area contributed by atoms with Crippen molar-refractivity contribution in [1.29, 1.82) is 0 Å². The fraction of sp³-hybridized carbons (Fsp3) is 0.303. The average molecular weight is 984 g/mol. The number of aldehydes is 2. The quantitative estimate of drug-likeness (QED) is 0.0204. The normalized spacial score (nSPS) is 12.2. The molecule has 30 heteroatoms. The van der Waals surface area contributed by atoms with Crippen LogP contribution in [0.3, 0.4) is 0 Å². The number of carbonyl (C=O) groups excluding carboxylic acids is 2. The lowest BCUT2D eigenvalue weighted by Gasteiger charge is -2.22. The van der Waals surface area contributed by atoms with E-state index in [0.29, 0.717) is 48.9 Å². The smallest absolute Gasteiger partial charge is 0.313 e. The Morgan fingerprint density at radius 3 is 1.38 bits per heavy atom. The molecule has 0 aliphatic carbocycles. The number of rotatable bonds is 22. The van der Waals surface area contributed by atoms with Crippen molar-refractivity contribution in [3.63, 3.8) is 0 Å². The molecule has 0 aliphatic rings. The molecule has 0 radical (unpaired) electrons. The maximum atomic E-state index is 11.8. The van der Waals surface area contributed by atoms with Crippen molar-refractivity contribution in [3.8, 4) is 0 Å². The minimum Gasteiger partial charge on any atom is -0.372 e. The van der Waals surface area contributed by atoms with Gasteiger partial charge in [-0.05, 0) is 64.1 Å². The summed E-state index contributed by atoms with van der Waals surface area (Å²) in [5, 5.41) is 20.4. The van der Waals surface area contributed by atoms with E-state index >= 15 is 0 Å². The summed E-state index contributed by atoms with van der Waals surface area (Å²) in [5.41, 5.74) is 2.30. The number of aromatic nitrogens is 5. The van der Waals surface area contributed by atoms with Crippen LogP contribution in [0.4, 0.5) is 56.3 Å². The van der Waals surface area contributed by atoms with Crippen LogP contribution in [0.15, 0.2) is 72.1 Å². The molecule has 0 aliphatic heterocycles. The molecule has 5 N–H and O–H groups in total. The second-order valence-corrected chi connectivity index (χ2v) is 19.6. The molecule has 3 heterocycles. The SMILES string of the molecule is CCN(CC)c1ccc(/N=N/c2nc(S(=O)(=O)O)c(C=O)s2)c(Nc2nc(Nc3cc(N(CC)CC)ccc3/N=N/c3nc(S(=O)(=O)O)c(C=O)s3)nc(SCCS(=O)(=O)O)n2)c1. The minimum absolute atomic E-state index is 0.00589. The van der Waals surface area contributed by atoms with Crippen LogP contribution in [0.5, 0.6) is 0 Å². The van der Waals surface area contributed by atoms with Crippen LogP contribution >= 0.6 is 34.4 Å². The Morgan fingerprint density at radius 1 is 0.635 bits per heavy atom. The van der Waals surface area contributed by atoms with Gasteiger partial charge in [0.25, 0.3) is 10.1 Å². The molecule has 0 spiro atoms. The Kier molecular flexibility index (Phi) is 16.0. The van der Waals surface area contributed by atoms with Crippen LogP contribution in [0, 0.1) is 0 Å². The van der Waals surface area contributed by atoms with Crippen molar-refractivity contribution in [3.05, 3.63) is 46.2 Å². The van der Waals surface area contributed by atoms with E-state index in [1.807, 2.05) is 37.5 Å². The Balaban J connectivity index is 1.61. The van der Waals surface area contributed by atoms with Crippen LogP contribution in [-0.2, 0) is 30.4 Å². The molecule has 24 nitrogen and oxygen atoms in total. The van der Waals surface area contributed by atoms with Crippen molar-refractivity contribution < 1.29 is 48.5 Å². The Labute approximate surface area is 372 Å². The number of nitrogens with one attached hydrogen (secondary N) is 2. The first-order valence-electron chi connectivity index (χ1n) is 18.1. The highest BCUT2D eigenvalue weighted by atomic mass is 32.2. The van der Waals surface area contributed by atoms with Gasteiger partial charge < -0.3 is 20.4 Å². The molecule has 0 saturated carbocycles. The van der Waals surface area contributed by atoms with E-state index in [2.05, 4.69) is 56.0 Å². The van der Waals surface area contributed by atoms with Crippen LogP contribution in [0.1, 0.15) is 47.0 Å². The second-order valence-electron chi connectivity index (χ2n) is 12.3. The van der Waals surface area contributed by atoms with Gasteiger partial charge in [-0.2, -0.15) is 40.2 Å². The summed E-state index contributed by atoms with van der Waals surface area (Å²) in [4.78, 5) is 47.2. The zero-order valence-electron chi connectivity index (χ0n) is 33.3. The third-order valence-electron chi connectivity index (χ3n) is 8.31. The summed E-state index contributed by atoms with van der Waals surface area (Å²) in [6.45, 7) is 10.3. The van der Waals surface area contributed by atoms with E-state index in [4.69, 9.17) is 0 Å². The number of nitrogens with zero attached hydrogens (tertiary/aromatic N) is 11. The molecular weight excluding hydrogens is 947 g/mol. The van der Waals surface area contributed by atoms with Gasteiger partial charge in [-0.1, -0.05) is 34.4 Å². The molecule has 0 amide bonds. The van der Waals surface area contributed by atoms with Gasteiger partial charge in [0, 0.05) is 43.3 Å². The summed E-state index contributed by atoms with van der Waals surface area (Å²) >= 11 is 2.03. The third kappa shape index (κ3) is 13.0. The number of thioether (sulfide) groups is 1. The van der Waals surface area contributed by atoms with Gasteiger partial charge >= 0.3 is 20.2 Å². The average Bonchev–Trinajstić information content (AvgIpc) is 3.86. The van der Waals surface area contributed by atoms with Gasteiger partial charge in [0.2, 0.25) is 32.2 Å². The Hall–Kier alpha value is -5.47. The fourth-order valence-electron chi connectivity index (χ4n) is 5.42. The van der Waals surface area contributed by atoms with Crippen LogP contribution in [0.25, 0.3) is 0 Å². The zero-order valence-corrected chi connectivity index (χ0v) is 38.2. The van der Waals surface area contributed by atoms with Crippen molar-refractivity contribution in [2.75, 3.05) is 58.1 Å². The van der Waals surface area contributed by atoms with Gasteiger partial charge in [0.05, 0.1) is 17.1 Å². The van der Waals surface area contributed by atoms with Crippen LogP contribution in [0.2, 0.25) is 0 Å². The number of azo groups is 2. The zero-order chi connectivity index (χ0) is 46.1. The van der Waals surface area contributed by atoms with Crippen LogP contribution in [-0.4, -0.2) is 114 Å². The lowest BCUT2D eigenvalue weighted by Crippen LogP contribution is -2.21. The highest BCUT2D eigenvalue weighted by molar-refractivity contribution is 8.00. The first kappa shape index (κ1) is 48.6. The van der Waals surface area contributed by atoms with E-state index < -0.39 is 46.2 Å². The largest absolute Gasteiger partial charge is 0.372 e. The van der Waals surface area contributed by atoms with Gasteiger partial charge in [0.1, 0.15) is 21.1 Å². The van der Waals surface area contributed by atoms with Gasteiger partial charge in [-0.25, -0.2) is 9.97 Å². The second kappa shape index (κ2) is 20.8. The summed E-state index contributed by atoms with van der Waals surface area (Å²) < 4.78 is 98.7. The Bertz CT molecular complexity index is 2710. The highest BCUT2D eigenvalue weighted by Gasteiger charge is 2.24. The number of thiazole rings is 2. The summed E-state index contributed by atoms with van der Waals surface area (Å²) in [6, 6.07) is 10.1. The summed E-state index contributed by atoms with van der Waals surface area (Å²) in [5.74, 6) is -1.01. The third-order valence-corrected chi connectivity index (χ3v) is 13.7. The van der Waals surface area contributed by atoms with E-state index in [-0.39, 0.29) is 78.1 Å². The topological polar surface area (TPSA) is 342 Å². The monoisotopic (exact) mass is 983 g/mol. The maximum absolute atomic E-state index is 11.8.